The lowest BCUT2D eigenvalue weighted by Crippen LogP contribution is -2.26. The first-order chi connectivity index (χ1) is 11.1. The van der Waals surface area contributed by atoms with Crippen molar-refractivity contribution in [1.82, 2.24) is 5.32 Å². The van der Waals surface area contributed by atoms with E-state index >= 15 is 0 Å². The van der Waals surface area contributed by atoms with Gasteiger partial charge in [-0.2, -0.15) is 0 Å². The number of likely N-dealkylation sites (N-methyl/N-ethyl adjacent to an activating group) is 1. The number of anilines is 1. The van der Waals surface area contributed by atoms with Crippen LogP contribution in [0.2, 0.25) is 0 Å². The molecule has 2 aromatic carbocycles. The first-order valence-electron chi connectivity index (χ1n) is 7.55. The van der Waals surface area contributed by atoms with Gasteiger partial charge in [-0.15, -0.1) is 0 Å². The summed E-state index contributed by atoms with van der Waals surface area (Å²) in [5, 5.41) is 2.71. The Morgan fingerprint density at radius 3 is 2.78 bits per heavy atom. The smallest absolute Gasteiger partial charge is 0.251 e. The molecule has 0 aliphatic carbocycles. The first-order valence-corrected chi connectivity index (χ1v) is 7.55. The van der Waals surface area contributed by atoms with Gasteiger partial charge in [-0.1, -0.05) is 18.2 Å². The Labute approximate surface area is 133 Å². The topological polar surface area (TPSA) is 49.4 Å². The number of nitrogens with one attached hydrogen (secondary N) is 1. The van der Waals surface area contributed by atoms with Crippen molar-refractivity contribution in [2.24, 2.45) is 0 Å². The number of amides is 2. The molecule has 0 atom stereocenters. The molecule has 1 N–H and O–H groups in total. The summed E-state index contributed by atoms with van der Waals surface area (Å²) in [6.45, 7) is 2.66. The second kappa shape index (κ2) is 6.20. The summed E-state index contributed by atoms with van der Waals surface area (Å²) in [6.07, 6.45) is 0.317. The van der Waals surface area contributed by atoms with Gasteiger partial charge in [0.05, 0.1) is 6.42 Å². The molecule has 2 aromatic rings. The number of halogens is 1. The van der Waals surface area contributed by atoms with Crippen LogP contribution in [0, 0.1) is 5.82 Å². The van der Waals surface area contributed by atoms with Gasteiger partial charge in [-0.3, -0.25) is 9.59 Å². The Morgan fingerprint density at radius 1 is 1.26 bits per heavy atom. The van der Waals surface area contributed by atoms with E-state index in [1.54, 1.807) is 41.3 Å². The van der Waals surface area contributed by atoms with Gasteiger partial charge in [-0.05, 0) is 36.8 Å². The normalized spacial score (nSPS) is 13.1. The van der Waals surface area contributed by atoms with Gasteiger partial charge < -0.3 is 10.2 Å². The lowest BCUT2D eigenvalue weighted by atomic mass is 10.1. The third-order valence-electron chi connectivity index (χ3n) is 3.99. The molecule has 1 aliphatic rings. The number of hydrogen-bond acceptors (Lipinski definition) is 2. The SMILES string of the molecule is CCN1C(=O)Cc2cc(C(=O)NCc3ccccc3F)ccc21. The van der Waals surface area contributed by atoms with Crippen LogP contribution in [-0.4, -0.2) is 18.4 Å². The predicted octanol–water partition coefficient (Wildman–Crippen LogP) is 2.66. The van der Waals surface area contributed by atoms with E-state index in [-0.39, 0.29) is 24.2 Å². The number of rotatable bonds is 4. The summed E-state index contributed by atoms with van der Waals surface area (Å²) in [7, 11) is 0. The van der Waals surface area contributed by atoms with Crippen LogP contribution in [0.25, 0.3) is 0 Å². The van der Waals surface area contributed by atoms with Crippen LogP contribution in [0.1, 0.15) is 28.4 Å². The highest BCUT2D eigenvalue weighted by Gasteiger charge is 2.26. The van der Waals surface area contributed by atoms with Gasteiger partial charge in [0.2, 0.25) is 5.91 Å². The Morgan fingerprint density at radius 2 is 2.04 bits per heavy atom. The fourth-order valence-electron chi connectivity index (χ4n) is 2.79. The highest BCUT2D eigenvalue weighted by Crippen LogP contribution is 2.29. The number of carbonyl (C=O) groups is 2. The lowest BCUT2D eigenvalue weighted by molar-refractivity contribution is -0.117. The molecule has 1 heterocycles. The van der Waals surface area contributed by atoms with Gasteiger partial charge in [0.15, 0.2) is 0 Å². The second-order valence-electron chi connectivity index (χ2n) is 5.43. The van der Waals surface area contributed by atoms with Crippen LogP contribution in [0.4, 0.5) is 10.1 Å². The minimum atomic E-state index is -0.342. The van der Waals surface area contributed by atoms with Crippen LogP contribution >= 0.6 is 0 Å². The Kier molecular flexibility index (Phi) is 4.10. The summed E-state index contributed by atoms with van der Waals surface area (Å²) in [6, 6.07) is 11.6. The van der Waals surface area contributed by atoms with Crippen molar-refractivity contribution in [2.75, 3.05) is 11.4 Å². The molecule has 0 bridgehead atoms. The minimum Gasteiger partial charge on any atom is -0.348 e. The maximum Gasteiger partial charge on any atom is 0.251 e. The number of fused-ring (bicyclic) bond motifs is 1. The van der Waals surface area contributed by atoms with Crippen LogP contribution < -0.4 is 10.2 Å². The molecule has 0 saturated heterocycles. The molecule has 0 saturated carbocycles. The van der Waals surface area contributed by atoms with Crippen LogP contribution in [0.3, 0.4) is 0 Å². The van der Waals surface area contributed by atoms with Crippen molar-refractivity contribution in [1.29, 1.82) is 0 Å². The summed E-state index contributed by atoms with van der Waals surface area (Å²) in [4.78, 5) is 25.8. The first kappa shape index (κ1) is 15.2. The summed E-state index contributed by atoms with van der Waals surface area (Å²) >= 11 is 0. The number of carbonyl (C=O) groups excluding carboxylic acids is 2. The number of nitrogens with zero attached hydrogens (tertiary/aromatic N) is 1. The third-order valence-corrected chi connectivity index (χ3v) is 3.99. The van der Waals surface area contributed by atoms with Crippen LogP contribution in [-0.2, 0) is 17.8 Å². The highest BCUT2D eigenvalue weighted by molar-refractivity contribution is 6.03. The molecule has 0 aromatic heterocycles. The summed E-state index contributed by atoms with van der Waals surface area (Å²) in [5.74, 6) is -0.573. The predicted molar refractivity (Wildman–Crippen MR) is 85.7 cm³/mol. The van der Waals surface area contributed by atoms with E-state index in [0.29, 0.717) is 24.1 Å². The van der Waals surface area contributed by atoms with E-state index in [4.69, 9.17) is 0 Å². The quantitative estimate of drug-likeness (QED) is 0.943. The monoisotopic (exact) mass is 312 g/mol. The summed E-state index contributed by atoms with van der Waals surface area (Å²) in [5.41, 5.74) is 2.64. The Balaban J connectivity index is 1.73. The van der Waals surface area contributed by atoms with E-state index in [9.17, 15) is 14.0 Å². The van der Waals surface area contributed by atoms with Crippen molar-refractivity contribution in [3.05, 3.63) is 65.0 Å². The molecule has 1 aliphatic heterocycles. The highest BCUT2D eigenvalue weighted by atomic mass is 19.1. The average molecular weight is 312 g/mol. The molecule has 23 heavy (non-hydrogen) atoms. The van der Waals surface area contributed by atoms with Gasteiger partial charge >= 0.3 is 0 Å². The Hall–Kier alpha value is -2.69. The van der Waals surface area contributed by atoms with Crippen molar-refractivity contribution in [3.8, 4) is 0 Å². The van der Waals surface area contributed by atoms with E-state index in [0.717, 1.165) is 11.3 Å². The van der Waals surface area contributed by atoms with Crippen LogP contribution in [0.5, 0.6) is 0 Å². The van der Waals surface area contributed by atoms with E-state index in [1.165, 1.54) is 6.07 Å². The maximum absolute atomic E-state index is 13.6. The molecule has 5 heteroatoms. The molecule has 2 amide bonds. The van der Waals surface area contributed by atoms with Crippen LogP contribution in [0.15, 0.2) is 42.5 Å². The zero-order chi connectivity index (χ0) is 16.4. The molecular weight excluding hydrogens is 295 g/mol. The van der Waals surface area contributed by atoms with Gasteiger partial charge in [-0.25, -0.2) is 4.39 Å². The lowest BCUT2D eigenvalue weighted by Gasteiger charge is -2.14. The van der Waals surface area contributed by atoms with Crippen molar-refractivity contribution in [3.63, 3.8) is 0 Å². The van der Waals surface area contributed by atoms with E-state index in [1.807, 2.05) is 6.92 Å². The molecule has 0 fully saturated rings. The minimum absolute atomic E-state index is 0.0476. The zero-order valence-corrected chi connectivity index (χ0v) is 12.8. The molecule has 0 radical (unpaired) electrons. The van der Waals surface area contributed by atoms with Gasteiger partial charge in [0, 0.05) is 29.9 Å². The molecule has 4 nitrogen and oxygen atoms in total. The second-order valence-corrected chi connectivity index (χ2v) is 5.43. The van der Waals surface area contributed by atoms with Gasteiger partial charge in [0.1, 0.15) is 5.82 Å². The summed E-state index contributed by atoms with van der Waals surface area (Å²) < 4.78 is 13.6. The maximum atomic E-state index is 13.6. The van der Waals surface area contributed by atoms with E-state index < -0.39 is 0 Å². The fourth-order valence-corrected chi connectivity index (χ4v) is 2.79. The Bertz CT molecular complexity index is 773. The third kappa shape index (κ3) is 2.95. The van der Waals surface area contributed by atoms with Crippen molar-refractivity contribution in [2.45, 2.75) is 19.9 Å². The molecule has 3 rings (SSSR count). The standard InChI is InChI=1S/C18H17FN2O2/c1-2-21-16-8-7-12(9-14(16)10-17(21)22)18(23)20-11-13-5-3-4-6-15(13)19/h3-9H,2,10-11H2,1H3,(H,20,23). The number of benzene rings is 2. The largest absolute Gasteiger partial charge is 0.348 e. The number of hydrogen-bond donors (Lipinski definition) is 1. The van der Waals surface area contributed by atoms with Crippen molar-refractivity contribution >= 4 is 17.5 Å². The van der Waals surface area contributed by atoms with E-state index in [2.05, 4.69) is 5.32 Å². The zero-order valence-electron chi connectivity index (χ0n) is 12.8. The van der Waals surface area contributed by atoms with Gasteiger partial charge in [0.25, 0.3) is 5.91 Å². The molecular formula is C18H17FN2O2. The molecule has 118 valence electrons. The molecule has 0 unspecified atom stereocenters. The average Bonchev–Trinajstić information content (AvgIpc) is 2.87. The molecule has 0 spiro atoms. The van der Waals surface area contributed by atoms with Crippen molar-refractivity contribution < 1.29 is 14.0 Å². The fraction of sp³-hybridized carbons (Fsp3) is 0.222.